The summed E-state index contributed by atoms with van der Waals surface area (Å²) in [4.78, 5) is 24.4. The molecule has 0 amide bonds. The highest BCUT2D eigenvalue weighted by atomic mass is 32.1. The Morgan fingerprint density at radius 1 is 1.29 bits per heavy atom. The number of aromatic carboxylic acids is 1. The van der Waals surface area contributed by atoms with Gasteiger partial charge >= 0.3 is 5.97 Å². The van der Waals surface area contributed by atoms with Crippen LogP contribution < -0.4 is 10.1 Å². The maximum atomic E-state index is 11.6. The lowest BCUT2D eigenvalue weighted by molar-refractivity contribution is 0.0682. The van der Waals surface area contributed by atoms with Gasteiger partial charge in [-0.2, -0.15) is 4.98 Å². The molecule has 0 aliphatic heterocycles. The van der Waals surface area contributed by atoms with Crippen molar-refractivity contribution < 1.29 is 14.6 Å². The summed E-state index contributed by atoms with van der Waals surface area (Å²) < 4.78 is 6.01. The molecule has 0 saturated heterocycles. The summed E-state index contributed by atoms with van der Waals surface area (Å²) >= 11 is 1.47. The number of rotatable bonds is 9. The summed E-state index contributed by atoms with van der Waals surface area (Å²) in [6, 6.07) is 4.12. The molecule has 3 aromatic heterocycles. The van der Waals surface area contributed by atoms with Gasteiger partial charge in [0.25, 0.3) is 0 Å². The van der Waals surface area contributed by atoms with E-state index in [1.807, 2.05) is 27.0 Å². The lowest BCUT2D eigenvalue weighted by Gasteiger charge is -2.14. The number of carboxylic acids is 1. The normalized spacial score (nSPS) is 17.4. The number of carboxylic acid groups (broad SMARTS) is 1. The van der Waals surface area contributed by atoms with Crippen LogP contribution >= 0.6 is 11.3 Å². The maximum absolute atomic E-state index is 11.6. The van der Waals surface area contributed by atoms with E-state index in [2.05, 4.69) is 42.6 Å². The quantitative estimate of drug-likeness (QED) is 0.515. The average molecular weight is 441 g/mol. The minimum atomic E-state index is -1.20. The van der Waals surface area contributed by atoms with Crippen molar-refractivity contribution in [1.82, 2.24) is 25.1 Å². The Kier molecular flexibility index (Phi) is 6.08. The van der Waals surface area contributed by atoms with Gasteiger partial charge in [-0.05, 0) is 38.3 Å². The number of ether oxygens (including phenoxy) is 1. The first-order valence-electron chi connectivity index (χ1n) is 10.2. The van der Waals surface area contributed by atoms with Crippen LogP contribution in [0, 0.1) is 19.8 Å². The zero-order valence-corrected chi connectivity index (χ0v) is 18.4. The summed E-state index contributed by atoms with van der Waals surface area (Å²) in [5.41, 5.74) is 2.95. The van der Waals surface area contributed by atoms with Crippen LogP contribution in [-0.2, 0) is 13.0 Å². The molecule has 9 nitrogen and oxygen atoms in total. The summed E-state index contributed by atoms with van der Waals surface area (Å²) in [5.74, 6) is -0.0292. The van der Waals surface area contributed by atoms with Gasteiger partial charge in [0.1, 0.15) is 15.8 Å². The first kappa shape index (κ1) is 21.1. The third-order valence-electron chi connectivity index (χ3n) is 5.16. The molecule has 3 aromatic rings. The predicted octanol–water partition coefficient (Wildman–Crippen LogP) is 3.40. The minimum absolute atomic E-state index is 0.296. The Hall–Kier alpha value is -3.14. The number of aromatic nitrogens is 5. The van der Waals surface area contributed by atoms with E-state index in [0.717, 1.165) is 33.3 Å². The van der Waals surface area contributed by atoms with Gasteiger partial charge in [0.2, 0.25) is 11.7 Å². The van der Waals surface area contributed by atoms with Crippen molar-refractivity contribution in [3.63, 3.8) is 0 Å². The molecule has 0 bridgehead atoms. The van der Waals surface area contributed by atoms with E-state index in [9.17, 15) is 9.90 Å². The van der Waals surface area contributed by atoms with Crippen LogP contribution in [0.5, 0.6) is 5.88 Å². The van der Waals surface area contributed by atoms with Crippen molar-refractivity contribution in [2.24, 2.45) is 5.92 Å². The molecule has 3 heterocycles. The van der Waals surface area contributed by atoms with Crippen LogP contribution in [0.4, 0.5) is 5.82 Å². The van der Waals surface area contributed by atoms with E-state index in [0.29, 0.717) is 43.1 Å². The van der Waals surface area contributed by atoms with Crippen LogP contribution in [0.1, 0.15) is 56.7 Å². The first-order chi connectivity index (χ1) is 14.9. The van der Waals surface area contributed by atoms with Gasteiger partial charge < -0.3 is 15.2 Å². The second-order valence-corrected chi connectivity index (χ2v) is 8.85. The molecule has 2 N–H and O–H groups in total. The molecule has 0 unspecified atom stereocenters. The van der Waals surface area contributed by atoms with E-state index in [-0.39, 0.29) is 5.82 Å². The standard InChI is InChI=1S/C21H24N6O3S/c1-4-14-18(23-9-17-27-26-12(3)31-17)24-19(21(28)29)25-20(14)30-10-13-7-15(13)16-6-5-11(2)8-22-16/h5-6,8,13,15H,4,7,9-10H2,1-3H3,(H,28,29)(H,23,24,25)/t13-,15+/m0/s1. The molecule has 0 aromatic carbocycles. The second-order valence-electron chi connectivity index (χ2n) is 7.58. The third kappa shape index (κ3) is 4.96. The SMILES string of the molecule is CCc1c(NCc2nnc(C)s2)nc(C(=O)O)nc1OC[C@@H]1C[C@H]1c1ccc(C)cn1. The molecule has 31 heavy (non-hydrogen) atoms. The summed E-state index contributed by atoms with van der Waals surface area (Å²) in [7, 11) is 0. The number of hydrogen-bond acceptors (Lipinski definition) is 9. The van der Waals surface area contributed by atoms with Crippen molar-refractivity contribution in [3.8, 4) is 5.88 Å². The van der Waals surface area contributed by atoms with Gasteiger partial charge in [-0.3, -0.25) is 4.98 Å². The summed E-state index contributed by atoms with van der Waals surface area (Å²) in [5, 5.41) is 22.4. The Morgan fingerprint density at radius 3 is 2.77 bits per heavy atom. The fraction of sp³-hybridized carbons (Fsp3) is 0.429. The van der Waals surface area contributed by atoms with Gasteiger partial charge in [-0.25, -0.2) is 9.78 Å². The van der Waals surface area contributed by atoms with Crippen LogP contribution in [0.3, 0.4) is 0 Å². The maximum Gasteiger partial charge on any atom is 0.374 e. The minimum Gasteiger partial charge on any atom is -0.477 e. The molecule has 1 aliphatic carbocycles. The highest BCUT2D eigenvalue weighted by molar-refractivity contribution is 7.11. The van der Waals surface area contributed by atoms with Crippen LogP contribution in [0.2, 0.25) is 0 Å². The van der Waals surface area contributed by atoms with Gasteiger partial charge in [0.05, 0.1) is 18.7 Å². The number of nitrogens with zero attached hydrogens (tertiary/aromatic N) is 5. The van der Waals surface area contributed by atoms with E-state index in [1.54, 1.807) is 0 Å². The smallest absolute Gasteiger partial charge is 0.374 e. The fourth-order valence-corrected chi connectivity index (χ4v) is 4.04. The number of anilines is 1. The number of carbonyl (C=O) groups is 1. The van der Waals surface area contributed by atoms with Gasteiger partial charge in [0, 0.05) is 23.7 Å². The van der Waals surface area contributed by atoms with Crippen molar-refractivity contribution in [3.05, 3.63) is 51.0 Å². The van der Waals surface area contributed by atoms with Crippen LogP contribution in [-0.4, -0.2) is 42.8 Å². The molecule has 4 rings (SSSR count). The third-order valence-corrected chi connectivity index (χ3v) is 6.00. The van der Waals surface area contributed by atoms with E-state index in [1.165, 1.54) is 11.3 Å². The number of nitrogens with one attached hydrogen (secondary N) is 1. The van der Waals surface area contributed by atoms with E-state index in [4.69, 9.17) is 4.74 Å². The number of pyridine rings is 1. The Balaban J connectivity index is 1.48. The van der Waals surface area contributed by atoms with Gasteiger partial charge in [-0.15, -0.1) is 10.2 Å². The zero-order chi connectivity index (χ0) is 22.0. The van der Waals surface area contributed by atoms with Gasteiger partial charge in [-0.1, -0.05) is 24.3 Å². The number of aryl methyl sites for hydroxylation is 2. The molecule has 1 aliphatic rings. The van der Waals surface area contributed by atoms with Crippen molar-refractivity contribution >= 4 is 23.1 Å². The van der Waals surface area contributed by atoms with Crippen molar-refractivity contribution in [2.75, 3.05) is 11.9 Å². The highest BCUT2D eigenvalue weighted by Crippen LogP contribution is 2.46. The lowest BCUT2D eigenvalue weighted by atomic mass is 10.2. The average Bonchev–Trinajstić information content (AvgIpc) is 3.42. The molecule has 2 atom stereocenters. The molecular weight excluding hydrogens is 416 g/mol. The molecule has 0 spiro atoms. The number of hydrogen-bond donors (Lipinski definition) is 2. The predicted molar refractivity (Wildman–Crippen MR) is 116 cm³/mol. The van der Waals surface area contributed by atoms with Crippen molar-refractivity contribution in [1.29, 1.82) is 0 Å². The van der Waals surface area contributed by atoms with Crippen molar-refractivity contribution in [2.45, 2.75) is 46.1 Å². The zero-order valence-electron chi connectivity index (χ0n) is 17.6. The highest BCUT2D eigenvalue weighted by Gasteiger charge is 2.40. The molecule has 1 saturated carbocycles. The Morgan fingerprint density at radius 2 is 2.13 bits per heavy atom. The first-order valence-corrected chi connectivity index (χ1v) is 11.0. The van der Waals surface area contributed by atoms with E-state index < -0.39 is 5.97 Å². The summed E-state index contributed by atoms with van der Waals surface area (Å²) in [6.45, 7) is 6.72. The largest absolute Gasteiger partial charge is 0.477 e. The van der Waals surface area contributed by atoms with Crippen LogP contribution in [0.15, 0.2) is 18.3 Å². The molecule has 10 heteroatoms. The topological polar surface area (TPSA) is 123 Å². The van der Waals surface area contributed by atoms with E-state index >= 15 is 0 Å². The molecular formula is C21H24N6O3S. The monoisotopic (exact) mass is 440 g/mol. The fourth-order valence-electron chi connectivity index (χ4n) is 3.39. The van der Waals surface area contributed by atoms with Gasteiger partial charge in [0.15, 0.2) is 0 Å². The lowest BCUT2D eigenvalue weighted by Crippen LogP contribution is -2.14. The Bertz CT molecular complexity index is 1090. The summed E-state index contributed by atoms with van der Waals surface area (Å²) in [6.07, 6.45) is 3.47. The molecule has 1 fully saturated rings. The Labute approximate surface area is 184 Å². The van der Waals surface area contributed by atoms with Crippen LogP contribution in [0.25, 0.3) is 0 Å². The second kappa shape index (κ2) is 8.93. The molecule has 0 radical (unpaired) electrons. The molecule has 162 valence electrons.